The van der Waals surface area contributed by atoms with Crippen LogP contribution in [-0.2, 0) is 10.8 Å². The Kier molecular flexibility index (Phi) is 11.2. The molecule has 0 radical (unpaired) electrons. The van der Waals surface area contributed by atoms with Crippen molar-refractivity contribution in [1.82, 2.24) is 0 Å². The number of anilines is 6. The Hall–Kier alpha value is -11.3. The van der Waals surface area contributed by atoms with Gasteiger partial charge >= 0.3 is 0 Å². The first-order valence-corrected chi connectivity index (χ1v) is 32.4. The predicted molar refractivity (Wildman–Crippen MR) is 391 cm³/mol. The topological polar surface area (TPSA) is 6.48 Å². The molecule has 3 aliphatic rings. The van der Waals surface area contributed by atoms with Gasteiger partial charge in [-0.15, -0.1) is 0 Å². The zero-order valence-electron chi connectivity index (χ0n) is 51.8. The monoisotopic (exact) mass is 1170 g/mol. The molecule has 0 aliphatic heterocycles. The van der Waals surface area contributed by atoms with Gasteiger partial charge < -0.3 is 9.80 Å². The van der Waals surface area contributed by atoms with Gasteiger partial charge in [-0.2, -0.15) is 0 Å². The highest BCUT2D eigenvalue weighted by Gasteiger charge is 2.39. The molecule has 0 heterocycles. The molecule has 19 rings (SSSR count). The number of hydrogen-bond acceptors (Lipinski definition) is 2. The van der Waals surface area contributed by atoms with Gasteiger partial charge in [-0.3, -0.25) is 0 Å². The second-order valence-corrected chi connectivity index (χ2v) is 26.7. The third-order valence-corrected chi connectivity index (χ3v) is 21.1. The lowest BCUT2D eigenvalue weighted by molar-refractivity contribution is 0.660. The van der Waals surface area contributed by atoms with Crippen LogP contribution >= 0.6 is 0 Å². The largest absolute Gasteiger partial charge is 0.310 e. The van der Waals surface area contributed by atoms with E-state index in [4.69, 9.17) is 0 Å². The van der Waals surface area contributed by atoms with Gasteiger partial charge in [0.05, 0.1) is 0 Å². The van der Waals surface area contributed by atoms with E-state index in [9.17, 15) is 0 Å². The van der Waals surface area contributed by atoms with E-state index < -0.39 is 0 Å². The number of rotatable bonds is 8. The molecule has 0 saturated carbocycles. The molecule has 3 aliphatic carbocycles. The summed E-state index contributed by atoms with van der Waals surface area (Å²) in [6, 6.07) is 115. The molecule has 0 aromatic heterocycles. The van der Waals surface area contributed by atoms with Crippen molar-refractivity contribution in [3.05, 3.63) is 326 Å². The van der Waals surface area contributed by atoms with Crippen molar-refractivity contribution < 1.29 is 0 Å². The average Bonchev–Trinajstić information content (AvgIpc) is 1.38. The van der Waals surface area contributed by atoms with E-state index in [-0.39, 0.29) is 10.8 Å². The molecule has 0 spiro atoms. The third kappa shape index (κ3) is 7.56. The lowest BCUT2D eigenvalue weighted by atomic mass is 9.82. The highest BCUT2D eigenvalue weighted by Crippen LogP contribution is 2.57. The SMILES string of the molecule is CC1(C)c2ccccc2-c2ccc(N(c3ccccc3)c3ccc4c(-c5ccc6c(ccc7ccccc76)c5)c5cc(N(c6ccccc6)c6ccc7c(c6)C(C)(C)c6ccc8ccccc8c6-7)ccc5c(-c5ccc6c7c(cccc57)-c5ccccc5-6)c4c3)cc21. The Morgan fingerprint density at radius 2 is 0.652 bits per heavy atom. The Morgan fingerprint density at radius 1 is 0.207 bits per heavy atom. The Morgan fingerprint density at radius 3 is 1.36 bits per heavy atom. The molecular weight excluding hydrogens is 1110 g/mol. The van der Waals surface area contributed by atoms with Crippen LogP contribution < -0.4 is 9.80 Å². The number of hydrogen-bond donors (Lipinski definition) is 0. The molecule has 0 bridgehead atoms. The van der Waals surface area contributed by atoms with Crippen molar-refractivity contribution in [2.24, 2.45) is 0 Å². The fraction of sp³-hybridized carbons (Fsp3) is 0.0667. The van der Waals surface area contributed by atoms with Crippen LogP contribution in [0.4, 0.5) is 34.1 Å². The van der Waals surface area contributed by atoms with E-state index in [0.29, 0.717) is 0 Å². The molecule has 0 unspecified atom stereocenters. The van der Waals surface area contributed by atoms with E-state index in [1.165, 1.54) is 154 Å². The fourth-order valence-electron chi connectivity index (χ4n) is 16.8. The molecule has 0 N–H and O–H groups in total. The maximum absolute atomic E-state index is 2.51. The van der Waals surface area contributed by atoms with Crippen LogP contribution in [0.25, 0.3) is 131 Å². The van der Waals surface area contributed by atoms with Crippen molar-refractivity contribution >= 4 is 98.8 Å². The van der Waals surface area contributed by atoms with Crippen molar-refractivity contribution in [3.63, 3.8) is 0 Å². The lowest BCUT2D eigenvalue weighted by Crippen LogP contribution is -2.16. The average molecular weight is 1170 g/mol. The number of fused-ring (bicyclic) bond motifs is 16. The van der Waals surface area contributed by atoms with Crippen molar-refractivity contribution in [1.29, 1.82) is 0 Å². The summed E-state index contributed by atoms with van der Waals surface area (Å²) < 4.78 is 0. The Balaban J connectivity index is 0.906. The number of benzene rings is 16. The van der Waals surface area contributed by atoms with Crippen LogP contribution in [0.5, 0.6) is 0 Å². The summed E-state index contributed by atoms with van der Waals surface area (Å²) in [5, 5.41) is 14.9. The van der Waals surface area contributed by atoms with Gasteiger partial charge in [-0.25, -0.2) is 0 Å². The van der Waals surface area contributed by atoms with Gasteiger partial charge in [-0.05, 0) is 233 Å². The van der Waals surface area contributed by atoms with Gasteiger partial charge in [0.25, 0.3) is 0 Å². The molecular formula is C90H62N2. The molecule has 0 amide bonds. The fourth-order valence-corrected chi connectivity index (χ4v) is 16.8. The summed E-state index contributed by atoms with van der Waals surface area (Å²) >= 11 is 0. The van der Waals surface area contributed by atoms with Gasteiger partial charge in [0.1, 0.15) is 0 Å². The lowest BCUT2D eigenvalue weighted by Gasteiger charge is -2.30. The molecule has 0 atom stereocenters. The Bertz CT molecular complexity index is 5800. The Labute approximate surface area is 536 Å². The second-order valence-electron chi connectivity index (χ2n) is 26.7. The highest BCUT2D eigenvalue weighted by molar-refractivity contribution is 6.28. The van der Waals surface area contributed by atoms with E-state index in [2.05, 4.69) is 341 Å². The first-order valence-electron chi connectivity index (χ1n) is 32.4. The summed E-state index contributed by atoms with van der Waals surface area (Å²) in [6.45, 7) is 9.57. The van der Waals surface area contributed by atoms with Crippen LogP contribution in [0.15, 0.2) is 303 Å². The molecule has 92 heavy (non-hydrogen) atoms. The van der Waals surface area contributed by atoms with E-state index >= 15 is 0 Å². The summed E-state index contributed by atoms with van der Waals surface area (Å²) in [7, 11) is 0. The molecule has 0 fully saturated rings. The zero-order chi connectivity index (χ0) is 61.1. The second kappa shape index (κ2) is 19.6. The van der Waals surface area contributed by atoms with E-state index in [1.807, 2.05) is 0 Å². The van der Waals surface area contributed by atoms with Crippen LogP contribution in [0.1, 0.15) is 49.9 Å². The highest BCUT2D eigenvalue weighted by atomic mass is 15.1. The zero-order valence-corrected chi connectivity index (χ0v) is 51.8. The normalized spacial score (nSPS) is 13.6. The molecule has 2 nitrogen and oxygen atoms in total. The minimum Gasteiger partial charge on any atom is -0.310 e. The third-order valence-electron chi connectivity index (χ3n) is 21.1. The van der Waals surface area contributed by atoms with Gasteiger partial charge in [0.15, 0.2) is 0 Å². The van der Waals surface area contributed by atoms with Crippen LogP contribution in [0.3, 0.4) is 0 Å². The van der Waals surface area contributed by atoms with Gasteiger partial charge in [-0.1, -0.05) is 252 Å². The molecule has 16 aromatic rings. The summed E-state index contributed by atoms with van der Waals surface area (Å²) in [6.07, 6.45) is 0. The van der Waals surface area contributed by atoms with Crippen LogP contribution in [-0.4, -0.2) is 0 Å². The summed E-state index contributed by atoms with van der Waals surface area (Å²) in [5.74, 6) is 0. The first-order chi connectivity index (χ1) is 45.2. The van der Waals surface area contributed by atoms with E-state index in [0.717, 1.165) is 34.1 Å². The standard InChI is InChI=1S/C90H62N2/c1-89(2)81-33-18-17-30-70(81)71-43-38-63(53-83(71)89)92(60-24-9-6-10-25-60)62-39-44-76-80(52-62)87(75-48-47-74-69-29-16-15-28-68(69)72-31-19-32-73(75)86(72)74)77-45-40-61(51-79(77)85(76)58-36-42-66-57(50-58)35-34-55-20-11-13-26-65(55)66)91(59-22-7-5-8-23-59)64-41-46-78-84(54-64)90(3,4)82-49-37-56-21-12-14-27-67(56)88(78)82/h5-54H,1-4H3. The first kappa shape index (κ1) is 52.6. The minimum atomic E-state index is -0.224. The van der Waals surface area contributed by atoms with Crippen molar-refractivity contribution in [2.45, 2.75) is 38.5 Å². The summed E-state index contributed by atoms with van der Waals surface area (Å²) in [5.41, 5.74) is 26.9. The number of para-hydroxylation sites is 2. The maximum atomic E-state index is 2.51. The molecule has 2 heteroatoms. The van der Waals surface area contributed by atoms with Gasteiger partial charge in [0, 0.05) is 45.0 Å². The quantitative estimate of drug-likeness (QED) is 0.111. The smallest absolute Gasteiger partial charge is 0.0468 e. The van der Waals surface area contributed by atoms with Gasteiger partial charge in [0.2, 0.25) is 0 Å². The molecule has 432 valence electrons. The maximum Gasteiger partial charge on any atom is 0.0468 e. The predicted octanol–water partition coefficient (Wildman–Crippen LogP) is 25.1. The molecule has 16 aromatic carbocycles. The van der Waals surface area contributed by atoms with Crippen molar-refractivity contribution in [3.8, 4) is 66.8 Å². The minimum absolute atomic E-state index is 0.177. The van der Waals surface area contributed by atoms with Crippen molar-refractivity contribution in [2.75, 3.05) is 9.80 Å². The van der Waals surface area contributed by atoms with Crippen LogP contribution in [0.2, 0.25) is 0 Å². The van der Waals surface area contributed by atoms with E-state index in [1.54, 1.807) is 0 Å². The summed E-state index contributed by atoms with van der Waals surface area (Å²) in [4.78, 5) is 4.97. The number of nitrogens with zero attached hydrogens (tertiary/aromatic N) is 2. The van der Waals surface area contributed by atoms with Crippen LogP contribution in [0, 0.1) is 0 Å². The molecule has 0 saturated heterocycles.